The summed E-state index contributed by atoms with van der Waals surface area (Å²) in [6, 6.07) is 0. The summed E-state index contributed by atoms with van der Waals surface area (Å²) in [4.78, 5) is 14.6. The Morgan fingerprint density at radius 1 is 1.35 bits per heavy atom. The summed E-state index contributed by atoms with van der Waals surface area (Å²) in [6.07, 6.45) is 1.29. The molecule has 0 spiro atoms. The molecule has 0 amide bonds. The number of nitrogens with one attached hydrogen (secondary N) is 1. The van der Waals surface area contributed by atoms with E-state index in [0.29, 0.717) is 31.7 Å². The summed E-state index contributed by atoms with van der Waals surface area (Å²) < 4.78 is 5.30. The number of aliphatic hydroxyl groups is 1. The normalized spacial score (nSPS) is 17.1. The number of aromatic nitrogens is 3. The van der Waals surface area contributed by atoms with Crippen molar-refractivity contribution in [2.45, 2.75) is 25.9 Å². The number of aliphatic hydroxyl groups excluding tert-OH is 1. The summed E-state index contributed by atoms with van der Waals surface area (Å²) in [7, 11) is 0. The zero-order chi connectivity index (χ0) is 14.4. The molecular weight excluding hydrogens is 282 g/mol. The molecule has 1 aliphatic rings. The van der Waals surface area contributed by atoms with E-state index in [1.54, 1.807) is 6.92 Å². The minimum Gasteiger partial charge on any atom is -0.393 e. The number of rotatable bonds is 6. The van der Waals surface area contributed by atoms with Crippen LogP contribution in [0.15, 0.2) is 0 Å². The van der Waals surface area contributed by atoms with Crippen LogP contribution >= 0.6 is 11.6 Å². The Hall–Kier alpha value is -1.18. The van der Waals surface area contributed by atoms with E-state index in [0.717, 1.165) is 25.9 Å². The molecule has 0 aromatic carbocycles. The fraction of sp³-hybridized carbons (Fsp3) is 0.750. The van der Waals surface area contributed by atoms with Crippen LogP contribution in [0.5, 0.6) is 0 Å². The minimum atomic E-state index is -0.289. The average Bonchev–Trinajstić information content (AvgIpc) is 2.44. The lowest BCUT2D eigenvalue weighted by Crippen LogP contribution is -2.37. The SMILES string of the molecule is CC(O)CCCNc1nc(Cl)nc(N2CCOCC2)n1. The largest absolute Gasteiger partial charge is 0.393 e. The van der Waals surface area contributed by atoms with Gasteiger partial charge in [-0.05, 0) is 31.4 Å². The molecule has 1 saturated heterocycles. The van der Waals surface area contributed by atoms with Crippen molar-refractivity contribution < 1.29 is 9.84 Å². The Morgan fingerprint density at radius 2 is 2.10 bits per heavy atom. The van der Waals surface area contributed by atoms with Gasteiger partial charge in [-0.15, -0.1) is 0 Å². The molecule has 8 heteroatoms. The second-order valence-corrected chi connectivity index (χ2v) is 5.08. The van der Waals surface area contributed by atoms with Gasteiger partial charge in [-0.25, -0.2) is 0 Å². The van der Waals surface area contributed by atoms with E-state index in [1.807, 2.05) is 4.90 Å². The molecular formula is C12H20ClN5O2. The molecule has 1 fully saturated rings. The minimum absolute atomic E-state index is 0.180. The lowest BCUT2D eigenvalue weighted by atomic mass is 10.2. The number of halogens is 1. The molecule has 2 rings (SSSR count). The first-order chi connectivity index (χ1) is 9.65. The Morgan fingerprint density at radius 3 is 2.80 bits per heavy atom. The van der Waals surface area contributed by atoms with Crippen molar-refractivity contribution in [3.05, 3.63) is 5.28 Å². The van der Waals surface area contributed by atoms with Crippen molar-refractivity contribution in [3.8, 4) is 0 Å². The second-order valence-electron chi connectivity index (χ2n) is 4.75. The molecule has 1 aliphatic heterocycles. The molecule has 0 saturated carbocycles. The summed E-state index contributed by atoms with van der Waals surface area (Å²) in [6.45, 7) is 5.30. The van der Waals surface area contributed by atoms with Gasteiger partial charge in [0.1, 0.15) is 0 Å². The molecule has 1 aromatic heterocycles. The van der Waals surface area contributed by atoms with Crippen molar-refractivity contribution in [1.82, 2.24) is 15.0 Å². The van der Waals surface area contributed by atoms with E-state index in [1.165, 1.54) is 0 Å². The fourth-order valence-electron chi connectivity index (χ4n) is 1.92. The number of hydrogen-bond acceptors (Lipinski definition) is 7. The highest BCUT2D eigenvalue weighted by Crippen LogP contribution is 2.15. The third-order valence-electron chi connectivity index (χ3n) is 2.97. The van der Waals surface area contributed by atoms with Gasteiger partial charge in [0.15, 0.2) is 0 Å². The maximum Gasteiger partial charge on any atom is 0.231 e. The molecule has 0 aliphatic carbocycles. The van der Waals surface area contributed by atoms with Crippen LogP contribution in [0.25, 0.3) is 0 Å². The molecule has 0 bridgehead atoms. The maximum atomic E-state index is 9.20. The van der Waals surface area contributed by atoms with Gasteiger partial charge in [0.2, 0.25) is 17.2 Å². The van der Waals surface area contributed by atoms with Crippen molar-refractivity contribution in [2.24, 2.45) is 0 Å². The summed E-state index contributed by atoms with van der Waals surface area (Å²) in [5, 5.41) is 12.5. The van der Waals surface area contributed by atoms with Crippen molar-refractivity contribution in [3.63, 3.8) is 0 Å². The zero-order valence-corrected chi connectivity index (χ0v) is 12.3. The lowest BCUT2D eigenvalue weighted by Gasteiger charge is -2.26. The predicted octanol–water partition coefficient (Wildman–Crippen LogP) is 0.934. The van der Waals surface area contributed by atoms with Crippen LogP contribution in [0.2, 0.25) is 5.28 Å². The summed E-state index contributed by atoms with van der Waals surface area (Å²) in [5.41, 5.74) is 0. The third-order valence-corrected chi connectivity index (χ3v) is 3.14. The van der Waals surface area contributed by atoms with Gasteiger partial charge in [-0.1, -0.05) is 0 Å². The van der Waals surface area contributed by atoms with Crippen molar-refractivity contribution >= 4 is 23.5 Å². The molecule has 20 heavy (non-hydrogen) atoms. The summed E-state index contributed by atoms with van der Waals surface area (Å²) in [5.74, 6) is 1.04. The van der Waals surface area contributed by atoms with E-state index >= 15 is 0 Å². The van der Waals surface area contributed by atoms with Crippen LogP contribution in [0.3, 0.4) is 0 Å². The highest BCUT2D eigenvalue weighted by atomic mass is 35.5. The standard InChI is InChI=1S/C12H20ClN5O2/c1-9(19)3-2-4-14-11-15-10(13)16-12(17-11)18-5-7-20-8-6-18/h9,19H,2-8H2,1H3,(H,14,15,16,17). The first-order valence-electron chi connectivity index (χ1n) is 6.81. The molecule has 2 N–H and O–H groups in total. The summed E-state index contributed by atoms with van der Waals surface area (Å²) >= 11 is 5.93. The number of anilines is 2. The second kappa shape index (κ2) is 7.56. The van der Waals surface area contributed by atoms with E-state index < -0.39 is 0 Å². The smallest absolute Gasteiger partial charge is 0.231 e. The molecule has 1 atom stereocenters. The zero-order valence-electron chi connectivity index (χ0n) is 11.5. The Balaban J connectivity index is 1.93. The third kappa shape index (κ3) is 4.73. The Kier molecular flexibility index (Phi) is 5.75. The van der Waals surface area contributed by atoms with Crippen LogP contribution in [0.4, 0.5) is 11.9 Å². The topological polar surface area (TPSA) is 83.4 Å². The van der Waals surface area contributed by atoms with Crippen LogP contribution in [0, 0.1) is 0 Å². The van der Waals surface area contributed by atoms with E-state index in [2.05, 4.69) is 20.3 Å². The Labute approximate surface area is 123 Å². The molecule has 7 nitrogen and oxygen atoms in total. The molecule has 0 radical (unpaired) electrons. The van der Waals surface area contributed by atoms with Gasteiger partial charge in [0.05, 0.1) is 19.3 Å². The van der Waals surface area contributed by atoms with Crippen molar-refractivity contribution in [2.75, 3.05) is 43.1 Å². The highest BCUT2D eigenvalue weighted by Gasteiger charge is 2.15. The van der Waals surface area contributed by atoms with Crippen LogP contribution in [-0.4, -0.2) is 59.0 Å². The van der Waals surface area contributed by atoms with Gasteiger partial charge >= 0.3 is 0 Å². The van der Waals surface area contributed by atoms with E-state index in [-0.39, 0.29) is 11.4 Å². The van der Waals surface area contributed by atoms with E-state index in [4.69, 9.17) is 16.3 Å². The maximum absolute atomic E-state index is 9.20. The lowest BCUT2D eigenvalue weighted by molar-refractivity contribution is 0.122. The monoisotopic (exact) mass is 301 g/mol. The molecule has 2 heterocycles. The molecule has 112 valence electrons. The first kappa shape index (κ1) is 15.2. The molecule has 1 aromatic rings. The Bertz CT molecular complexity index is 426. The van der Waals surface area contributed by atoms with Crippen LogP contribution in [-0.2, 0) is 4.74 Å². The number of hydrogen-bond donors (Lipinski definition) is 2. The van der Waals surface area contributed by atoms with Gasteiger partial charge in [-0.2, -0.15) is 15.0 Å². The van der Waals surface area contributed by atoms with Gasteiger partial charge in [0, 0.05) is 19.6 Å². The first-order valence-corrected chi connectivity index (χ1v) is 7.19. The van der Waals surface area contributed by atoms with Crippen LogP contribution < -0.4 is 10.2 Å². The number of nitrogens with zero attached hydrogens (tertiary/aromatic N) is 4. The van der Waals surface area contributed by atoms with Gasteiger partial charge in [-0.3, -0.25) is 0 Å². The van der Waals surface area contributed by atoms with Gasteiger partial charge in [0.25, 0.3) is 0 Å². The highest BCUT2D eigenvalue weighted by molar-refractivity contribution is 6.28. The number of morpholine rings is 1. The predicted molar refractivity (Wildman–Crippen MR) is 77.3 cm³/mol. The van der Waals surface area contributed by atoms with Crippen molar-refractivity contribution in [1.29, 1.82) is 0 Å². The van der Waals surface area contributed by atoms with Gasteiger partial charge < -0.3 is 20.1 Å². The quantitative estimate of drug-likeness (QED) is 0.756. The fourth-order valence-corrected chi connectivity index (χ4v) is 2.08. The number of ether oxygens (including phenoxy) is 1. The van der Waals surface area contributed by atoms with E-state index in [9.17, 15) is 5.11 Å². The molecule has 1 unspecified atom stereocenters. The van der Waals surface area contributed by atoms with Crippen LogP contribution in [0.1, 0.15) is 19.8 Å². The average molecular weight is 302 g/mol.